The Morgan fingerprint density at radius 3 is 2.24 bits per heavy atom. The maximum absolute atomic E-state index is 13.2. The number of rotatable bonds is 4. The van der Waals surface area contributed by atoms with Gasteiger partial charge in [-0.05, 0) is 42.8 Å². The van der Waals surface area contributed by atoms with Crippen LogP contribution in [0.3, 0.4) is 0 Å². The van der Waals surface area contributed by atoms with Crippen molar-refractivity contribution in [1.29, 1.82) is 0 Å². The van der Waals surface area contributed by atoms with Gasteiger partial charge in [-0.1, -0.05) is 70.7 Å². The number of ether oxygens (including phenoxy) is 1. The van der Waals surface area contributed by atoms with E-state index in [1.165, 1.54) is 24.1 Å². The Labute approximate surface area is 205 Å². The Morgan fingerprint density at radius 2 is 1.64 bits per heavy atom. The van der Waals surface area contributed by atoms with Gasteiger partial charge in [0, 0.05) is 16.3 Å². The quantitative estimate of drug-likeness (QED) is 0.248. The Bertz CT molecular complexity index is 1300. The molecule has 0 spiro atoms. The highest BCUT2D eigenvalue weighted by molar-refractivity contribution is 6.52. The normalized spacial score (nSPS) is 17.5. The van der Waals surface area contributed by atoms with E-state index in [0.717, 1.165) is 5.56 Å². The maximum atomic E-state index is 13.2. The number of amides is 1. The second-order valence-electron chi connectivity index (χ2n) is 7.54. The number of hydrogen-bond donors (Lipinski definition) is 1. The summed E-state index contributed by atoms with van der Waals surface area (Å²) in [5.74, 6) is -1.77. The maximum Gasteiger partial charge on any atom is 0.300 e. The molecule has 0 aliphatic carbocycles. The number of benzene rings is 3. The molecule has 4 rings (SSSR count). The van der Waals surface area contributed by atoms with Gasteiger partial charge in [0.15, 0.2) is 5.75 Å². The van der Waals surface area contributed by atoms with E-state index in [9.17, 15) is 14.7 Å². The molecule has 8 heteroatoms. The van der Waals surface area contributed by atoms with E-state index in [-0.39, 0.29) is 26.9 Å². The summed E-state index contributed by atoms with van der Waals surface area (Å²) in [5, 5.41) is 12.0. The molecule has 3 aromatic carbocycles. The summed E-state index contributed by atoms with van der Waals surface area (Å²) in [5.41, 5.74) is 2.12. The molecule has 3 aromatic rings. The minimum absolute atomic E-state index is 0.0807. The van der Waals surface area contributed by atoms with Gasteiger partial charge in [-0.2, -0.15) is 0 Å². The van der Waals surface area contributed by atoms with Gasteiger partial charge in [0.2, 0.25) is 0 Å². The third-order valence-electron chi connectivity index (χ3n) is 5.36. The molecule has 1 N–H and O–H groups in total. The van der Waals surface area contributed by atoms with Crippen molar-refractivity contribution in [2.75, 3.05) is 12.0 Å². The Balaban J connectivity index is 1.98. The van der Waals surface area contributed by atoms with Gasteiger partial charge in [-0.3, -0.25) is 14.5 Å². The van der Waals surface area contributed by atoms with Crippen molar-refractivity contribution in [3.63, 3.8) is 0 Å². The van der Waals surface area contributed by atoms with Crippen LogP contribution in [0.5, 0.6) is 5.75 Å². The molecule has 168 valence electrons. The van der Waals surface area contributed by atoms with Crippen LogP contribution < -0.4 is 9.64 Å². The Hall–Kier alpha value is -2.99. The van der Waals surface area contributed by atoms with Crippen molar-refractivity contribution in [1.82, 2.24) is 0 Å². The molecule has 1 atom stereocenters. The molecule has 1 saturated heterocycles. The van der Waals surface area contributed by atoms with E-state index in [0.29, 0.717) is 16.3 Å². The number of anilines is 1. The fourth-order valence-electron chi connectivity index (χ4n) is 3.93. The second kappa shape index (κ2) is 9.10. The van der Waals surface area contributed by atoms with Crippen LogP contribution in [-0.2, 0) is 9.59 Å². The third-order valence-corrected chi connectivity index (χ3v) is 6.16. The average Bonchev–Trinajstić information content (AvgIpc) is 3.03. The lowest BCUT2D eigenvalue weighted by Crippen LogP contribution is -2.29. The number of nitrogens with zero attached hydrogens (tertiary/aromatic N) is 1. The molecular weight excluding hydrogens is 485 g/mol. The lowest BCUT2D eigenvalue weighted by molar-refractivity contribution is -0.132. The number of carbonyl (C=O) groups excluding carboxylic acids is 2. The predicted octanol–water partition coefficient (Wildman–Crippen LogP) is 6.59. The summed E-state index contributed by atoms with van der Waals surface area (Å²) in [7, 11) is 1.42. The molecule has 0 aromatic heterocycles. The first kappa shape index (κ1) is 23.2. The average molecular weight is 503 g/mol. The number of ketones is 1. The van der Waals surface area contributed by atoms with Crippen LogP contribution >= 0.6 is 34.8 Å². The van der Waals surface area contributed by atoms with Crippen LogP contribution in [0.15, 0.2) is 66.2 Å². The van der Waals surface area contributed by atoms with Crippen LogP contribution in [0.4, 0.5) is 5.69 Å². The topological polar surface area (TPSA) is 66.8 Å². The first-order valence-electron chi connectivity index (χ1n) is 9.89. The molecule has 1 amide bonds. The Morgan fingerprint density at radius 1 is 0.970 bits per heavy atom. The van der Waals surface area contributed by atoms with Gasteiger partial charge >= 0.3 is 0 Å². The van der Waals surface area contributed by atoms with E-state index in [1.54, 1.807) is 30.3 Å². The van der Waals surface area contributed by atoms with Gasteiger partial charge < -0.3 is 9.84 Å². The van der Waals surface area contributed by atoms with Crippen LogP contribution in [-0.4, -0.2) is 23.9 Å². The van der Waals surface area contributed by atoms with Crippen LogP contribution in [0.2, 0.25) is 15.1 Å². The highest BCUT2D eigenvalue weighted by Gasteiger charge is 2.47. The zero-order valence-electron chi connectivity index (χ0n) is 17.6. The summed E-state index contributed by atoms with van der Waals surface area (Å²) >= 11 is 18.7. The first-order valence-corrected chi connectivity index (χ1v) is 11.0. The second-order valence-corrected chi connectivity index (χ2v) is 8.79. The van der Waals surface area contributed by atoms with Crippen LogP contribution in [0.25, 0.3) is 5.76 Å². The SMILES string of the molecule is COc1c(Cl)cc(/C(O)=C2\C(=O)C(=O)N(c3cccc(Cl)c3)C2c2cccc(C)c2)cc1Cl. The number of methoxy groups -OCH3 is 1. The molecule has 5 nitrogen and oxygen atoms in total. The number of aryl methyl sites for hydroxylation is 1. The number of aliphatic hydroxyl groups excluding tert-OH is 1. The largest absolute Gasteiger partial charge is 0.507 e. The zero-order chi connectivity index (χ0) is 23.9. The monoisotopic (exact) mass is 501 g/mol. The zero-order valence-corrected chi connectivity index (χ0v) is 19.9. The number of aliphatic hydroxyl groups is 1. The minimum atomic E-state index is -0.886. The number of Topliss-reactive ketones (excluding diaryl/α,β-unsaturated/α-hetero) is 1. The summed E-state index contributed by atoms with van der Waals surface area (Å²) in [6, 6.07) is 16.0. The molecule has 0 radical (unpaired) electrons. The van der Waals surface area contributed by atoms with Crippen LogP contribution in [0.1, 0.15) is 22.7 Å². The first-order chi connectivity index (χ1) is 15.7. The number of halogens is 3. The molecule has 0 saturated carbocycles. The number of carbonyl (C=O) groups is 2. The lowest BCUT2D eigenvalue weighted by atomic mass is 9.94. The smallest absolute Gasteiger partial charge is 0.300 e. The van der Waals surface area contributed by atoms with Gasteiger partial charge in [0.1, 0.15) is 5.76 Å². The van der Waals surface area contributed by atoms with Crippen molar-refractivity contribution in [2.45, 2.75) is 13.0 Å². The fourth-order valence-corrected chi connectivity index (χ4v) is 4.75. The van der Waals surface area contributed by atoms with Crippen molar-refractivity contribution in [3.05, 3.63) is 98.0 Å². The summed E-state index contributed by atoms with van der Waals surface area (Å²) in [6.07, 6.45) is 0. The Kier molecular flexibility index (Phi) is 6.39. The lowest BCUT2D eigenvalue weighted by Gasteiger charge is -2.26. The van der Waals surface area contributed by atoms with E-state index in [2.05, 4.69) is 0 Å². The molecule has 1 aliphatic heterocycles. The van der Waals surface area contributed by atoms with Crippen LogP contribution in [0, 0.1) is 6.92 Å². The molecule has 1 aliphatic rings. The summed E-state index contributed by atoms with van der Waals surface area (Å²) in [6.45, 7) is 1.90. The summed E-state index contributed by atoms with van der Waals surface area (Å²) in [4.78, 5) is 27.7. The van der Waals surface area contributed by atoms with Gasteiger partial charge in [0.05, 0.1) is 28.8 Å². The highest BCUT2D eigenvalue weighted by atomic mass is 35.5. The van der Waals surface area contributed by atoms with Gasteiger partial charge in [-0.15, -0.1) is 0 Å². The fraction of sp³-hybridized carbons (Fsp3) is 0.120. The predicted molar refractivity (Wildman–Crippen MR) is 130 cm³/mol. The van der Waals surface area contributed by atoms with Gasteiger partial charge in [0.25, 0.3) is 11.7 Å². The van der Waals surface area contributed by atoms with E-state index in [1.807, 2.05) is 25.1 Å². The van der Waals surface area contributed by atoms with Crippen molar-refractivity contribution in [3.8, 4) is 5.75 Å². The highest BCUT2D eigenvalue weighted by Crippen LogP contribution is 2.44. The van der Waals surface area contributed by atoms with Crippen molar-refractivity contribution >= 4 is 57.9 Å². The van der Waals surface area contributed by atoms with E-state index >= 15 is 0 Å². The molecule has 1 heterocycles. The minimum Gasteiger partial charge on any atom is -0.507 e. The van der Waals surface area contributed by atoms with Crippen molar-refractivity contribution in [2.24, 2.45) is 0 Å². The molecule has 1 unspecified atom stereocenters. The van der Waals surface area contributed by atoms with Gasteiger partial charge in [-0.25, -0.2) is 0 Å². The van der Waals surface area contributed by atoms with E-state index in [4.69, 9.17) is 39.5 Å². The molecular formula is C25H18Cl3NO4. The standard InChI is InChI=1S/C25H18Cl3NO4/c1-13-5-3-6-14(9-13)21-20(22(30)15-10-18(27)24(33-2)19(28)11-15)23(31)25(32)29(21)17-8-4-7-16(26)12-17/h3-12,21,30H,1-2H3/b22-20+. The molecule has 33 heavy (non-hydrogen) atoms. The third kappa shape index (κ3) is 4.20. The van der Waals surface area contributed by atoms with Crippen molar-refractivity contribution < 1.29 is 19.4 Å². The van der Waals surface area contributed by atoms with E-state index < -0.39 is 23.5 Å². The molecule has 0 bridgehead atoms. The summed E-state index contributed by atoms with van der Waals surface area (Å²) < 4.78 is 5.16. The number of hydrogen-bond acceptors (Lipinski definition) is 4. The molecule has 1 fully saturated rings.